The van der Waals surface area contributed by atoms with Gasteiger partial charge in [0.1, 0.15) is 11.5 Å². The number of alkyl halides is 1. The average molecular weight is 299 g/mol. The van der Waals surface area contributed by atoms with Crippen molar-refractivity contribution in [3.8, 4) is 17.4 Å². The maximum atomic E-state index is 5.95. The molecule has 0 fully saturated rings. The molecule has 2 rings (SSSR count). The third kappa shape index (κ3) is 3.28. The minimum absolute atomic E-state index is 0.172. The van der Waals surface area contributed by atoms with Gasteiger partial charge in [-0.2, -0.15) is 0 Å². The van der Waals surface area contributed by atoms with Crippen LogP contribution in [0, 0.1) is 0 Å². The molecule has 19 heavy (non-hydrogen) atoms. The molecule has 0 radical (unpaired) electrons. The first-order valence-electron chi connectivity index (χ1n) is 5.71. The van der Waals surface area contributed by atoms with E-state index in [0.29, 0.717) is 29.5 Å². The molecule has 4 nitrogen and oxygen atoms in total. The first-order chi connectivity index (χ1) is 9.26. The van der Waals surface area contributed by atoms with Crippen molar-refractivity contribution in [2.45, 2.75) is 12.8 Å². The summed E-state index contributed by atoms with van der Waals surface area (Å²) in [5.41, 5.74) is 0.553. The Hall–Kier alpha value is -1.52. The van der Waals surface area contributed by atoms with E-state index in [1.165, 1.54) is 6.33 Å². The van der Waals surface area contributed by atoms with Gasteiger partial charge in [-0.3, -0.25) is 0 Å². The fourth-order valence-electron chi connectivity index (χ4n) is 1.49. The van der Waals surface area contributed by atoms with Crippen LogP contribution in [-0.4, -0.2) is 16.6 Å². The molecule has 0 saturated heterocycles. The van der Waals surface area contributed by atoms with E-state index in [0.717, 1.165) is 0 Å². The van der Waals surface area contributed by atoms with Crippen molar-refractivity contribution in [3.05, 3.63) is 41.3 Å². The van der Waals surface area contributed by atoms with E-state index in [4.69, 9.17) is 32.7 Å². The van der Waals surface area contributed by atoms with Crippen molar-refractivity contribution >= 4 is 23.2 Å². The number of ether oxygens (including phenoxy) is 2. The van der Waals surface area contributed by atoms with Gasteiger partial charge in [-0.1, -0.05) is 23.7 Å². The maximum Gasteiger partial charge on any atom is 0.228 e. The smallest absolute Gasteiger partial charge is 0.228 e. The second kappa shape index (κ2) is 6.59. The normalized spacial score (nSPS) is 10.3. The van der Waals surface area contributed by atoms with Gasteiger partial charge in [0.05, 0.1) is 18.1 Å². The third-order valence-electron chi connectivity index (χ3n) is 2.34. The van der Waals surface area contributed by atoms with Crippen LogP contribution in [0.2, 0.25) is 5.15 Å². The van der Waals surface area contributed by atoms with Crippen LogP contribution in [0.3, 0.4) is 0 Å². The summed E-state index contributed by atoms with van der Waals surface area (Å²) >= 11 is 11.8. The van der Waals surface area contributed by atoms with Gasteiger partial charge in [0.2, 0.25) is 5.88 Å². The van der Waals surface area contributed by atoms with Crippen LogP contribution in [0.5, 0.6) is 17.4 Å². The van der Waals surface area contributed by atoms with Crippen molar-refractivity contribution in [2.75, 3.05) is 6.61 Å². The van der Waals surface area contributed by atoms with Gasteiger partial charge in [-0.05, 0) is 19.1 Å². The van der Waals surface area contributed by atoms with Gasteiger partial charge in [0.15, 0.2) is 11.5 Å². The molecule has 0 saturated carbocycles. The zero-order valence-electron chi connectivity index (χ0n) is 10.3. The SMILES string of the molecule is CCOc1ccccc1Oc1ncnc(Cl)c1CCl. The van der Waals surface area contributed by atoms with Crippen molar-refractivity contribution in [1.29, 1.82) is 0 Å². The van der Waals surface area contributed by atoms with E-state index in [2.05, 4.69) is 9.97 Å². The largest absolute Gasteiger partial charge is 0.490 e. The Morgan fingerprint density at radius 1 is 1.16 bits per heavy atom. The van der Waals surface area contributed by atoms with E-state index in [-0.39, 0.29) is 11.0 Å². The zero-order chi connectivity index (χ0) is 13.7. The molecule has 0 spiro atoms. The Kier molecular flexibility index (Phi) is 4.82. The van der Waals surface area contributed by atoms with Gasteiger partial charge >= 0.3 is 0 Å². The number of rotatable bonds is 5. The highest BCUT2D eigenvalue weighted by Crippen LogP contribution is 2.33. The molecule has 1 aromatic carbocycles. The first kappa shape index (κ1) is 13.9. The third-order valence-corrected chi connectivity index (χ3v) is 2.94. The molecule has 0 atom stereocenters. The predicted octanol–water partition coefficient (Wildman–Crippen LogP) is 4.06. The summed E-state index contributed by atoms with van der Waals surface area (Å²) in [6, 6.07) is 7.33. The topological polar surface area (TPSA) is 44.2 Å². The summed E-state index contributed by atoms with van der Waals surface area (Å²) < 4.78 is 11.2. The lowest BCUT2D eigenvalue weighted by Gasteiger charge is -2.12. The highest BCUT2D eigenvalue weighted by atomic mass is 35.5. The summed E-state index contributed by atoms with van der Waals surface area (Å²) in [6.45, 7) is 2.45. The monoisotopic (exact) mass is 298 g/mol. The second-order valence-corrected chi connectivity index (χ2v) is 4.19. The highest BCUT2D eigenvalue weighted by Gasteiger charge is 2.13. The zero-order valence-corrected chi connectivity index (χ0v) is 11.8. The molecule has 2 aromatic rings. The first-order valence-corrected chi connectivity index (χ1v) is 6.62. The van der Waals surface area contributed by atoms with E-state index >= 15 is 0 Å². The minimum Gasteiger partial charge on any atom is -0.490 e. The summed E-state index contributed by atoms with van der Waals surface area (Å²) in [7, 11) is 0. The molecule has 100 valence electrons. The van der Waals surface area contributed by atoms with Crippen molar-refractivity contribution in [2.24, 2.45) is 0 Å². The van der Waals surface area contributed by atoms with Crippen molar-refractivity contribution < 1.29 is 9.47 Å². The molecule has 6 heteroatoms. The molecule has 0 bridgehead atoms. The van der Waals surface area contributed by atoms with Crippen LogP contribution in [-0.2, 0) is 5.88 Å². The number of hydrogen-bond donors (Lipinski definition) is 0. The average Bonchev–Trinajstić information content (AvgIpc) is 2.41. The number of nitrogens with zero attached hydrogens (tertiary/aromatic N) is 2. The number of aromatic nitrogens is 2. The van der Waals surface area contributed by atoms with E-state index in [1.54, 1.807) is 6.07 Å². The lowest BCUT2D eigenvalue weighted by molar-refractivity contribution is 0.319. The van der Waals surface area contributed by atoms with Gasteiger partial charge in [0, 0.05) is 0 Å². The molecule has 1 aromatic heterocycles. The Balaban J connectivity index is 2.33. The quantitative estimate of drug-likeness (QED) is 0.617. The van der Waals surface area contributed by atoms with Crippen LogP contribution in [0.1, 0.15) is 12.5 Å². The van der Waals surface area contributed by atoms with Crippen LogP contribution in [0.25, 0.3) is 0 Å². The van der Waals surface area contributed by atoms with E-state index in [9.17, 15) is 0 Å². The maximum absolute atomic E-state index is 5.95. The van der Waals surface area contributed by atoms with Crippen molar-refractivity contribution in [3.63, 3.8) is 0 Å². The number of benzene rings is 1. The summed E-state index contributed by atoms with van der Waals surface area (Å²) in [5, 5.41) is 0.286. The van der Waals surface area contributed by atoms with Gasteiger partial charge in [-0.25, -0.2) is 9.97 Å². The second-order valence-electron chi connectivity index (χ2n) is 3.56. The Morgan fingerprint density at radius 2 is 1.89 bits per heavy atom. The van der Waals surface area contributed by atoms with Crippen LogP contribution >= 0.6 is 23.2 Å². The molecule has 1 heterocycles. The molecule has 0 aliphatic rings. The van der Waals surface area contributed by atoms with Crippen molar-refractivity contribution in [1.82, 2.24) is 9.97 Å². The standard InChI is InChI=1S/C13H12Cl2N2O2/c1-2-18-10-5-3-4-6-11(10)19-13-9(7-14)12(15)16-8-17-13/h3-6,8H,2,7H2,1H3. The Morgan fingerprint density at radius 3 is 2.58 bits per heavy atom. The molecule has 0 amide bonds. The van der Waals surface area contributed by atoms with Gasteiger partial charge < -0.3 is 9.47 Å². The summed E-state index contributed by atoms with van der Waals surface area (Å²) in [5.74, 6) is 1.71. The van der Waals surface area contributed by atoms with E-state index < -0.39 is 0 Å². The summed E-state index contributed by atoms with van der Waals surface area (Å²) in [6.07, 6.45) is 1.33. The molecular weight excluding hydrogens is 287 g/mol. The predicted molar refractivity (Wildman–Crippen MR) is 74.3 cm³/mol. The number of para-hydroxylation sites is 2. The minimum atomic E-state index is 0.172. The Labute approximate surface area is 121 Å². The van der Waals surface area contributed by atoms with Gasteiger partial charge in [-0.15, -0.1) is 11.6 Å². The fraction of sp³-hybridized carbons (Fsp3) is 0.231. The van der Waals surface area contributed by atoms with E-state index in [1.807, 2.05) is 25.1 Å². The molecule has 0 N–H and O–H groups in total. The summed E-state index contributed by atoms with van der Waals surface area (Å²) in [4.78, 5) is 7.92. The lowest BCUT2D eigenvalue weighted by atomic mass is 10.3. The van der Waals surface area contributed by atoms with Crippen LogP contribution < -0.4 is 9.47 Å². The number of halogens is 2. The molecule has 0 aliphatic carbocycles. The fourth-order valence-corrected chi connectivity index (χ4v) is 1.99. The lowest BCUT2D eigenvalue weighted by Crippen LogP contribution is -1.99. The molecular formula is C13H12Cl2N2O2. The molecule has 0 unspecified atom stereocenters. The Bertz CT molecular complexity index is 564. The molecule has 0 aliphatic heterocycles. The van der Waals surface area contributed by atoms with Crippen LogP contribution in [0.15, 0.2) is 30.6 Å². The number of hydrogen-bond acceptors (Lipinski definition) is 4. The highest BCUT2D eigenvalue weighted by molar-refractivity contribution is 6.31. The van der Waals surface area contributed by atoms with Crippen LogP contribution in [0.4, 0.5) is 0 Å². The van der Waals surface area contributed by atoms with Gasteiger partial charge in [0.25, 0.3) is 0 Å².